The molecule has 0 aliphatic carbocycles. The summed E-state index contributed by atoms with van der Waals surface area (Å²) < 4.78 is 11.3. The summed E-state index contributed by atoms with van der Waals surface area (Å²) in [5.74, 6) is 1.09. The van der Waals surface area contributed by atoms with Crippen LogP contribution in [0.15, 0.2) is 0 Å². The predicted octanol–water partition coefficient (Wildman–Crippen LogP) is 1.74. The third-order valence-corrected chi connectivity index (χ3v) is 3.03. The second-order valence-corrected chi connectivity index (χ2v) is 4.35. The molecular formula is C10H16IN3O2. The number of methoxy groups -OCH3 is 1. The van der Waals surface area contributed by atoms with Gasteiger partial charge in [-0.05, 0) is 29.0 Å². The van der Waals surface area contributed by atoms with E-state index < -0.39 is 0 Å². The normalized spacial score (nSPS) is 10.7. The molecule has 0 bridgehead atoms. The summed E-state index contributed by atoms with van der Waals surface area (Å²) in [6.07, 6.45) is 0.977. The molecule has 2 N–H and O–H groups in total. The van der Waals surface area contributed by atoms with Crippen LogP contribution in [0.5, 0.6) is 0 Å². The van der Waals surface area contributed by atoms with E-state index in [1.165, 1.54) is 0 Å². The van der Waals surface area contributed by atoms with E-state index in [2.05, 4.69) is 39.5 Å². The molecule has 0 spiro atoms. The van der Waals surface area contributed by atoms with Crippen LogP contribution in [0.25, 0.3) is 0 Å². The fourth-order valence-electron chi connectivity index (χ4n) is 1.17. The largest absolute Gasteiger partial charge is 0.383 e. The van der Waals surface area contributed by atoms with E-state index in [9.17, 15) is 0 Å². The molecule has 0 saturated carbocycles. The summed E-state index contributed by atoms with van der Waals surface area (Å²) in [5, 5.41) is 0. The van der Waals surface area contributed by atoms with Gasteiger partial charge in [-0.2, -0.15) is 0 Å². The highest BCUT2D eigenvalue weighted by Crippen LogP contribution is 2.17. The van der Waals surface area contributed by atoms with Crippen LogP contribution in [0.4, 0.5) is 5.82 Å². The number of hydrogen-bond donors (Lipinski definition) is 1. The van der Waals surface area contributed by atoms with Crippen molar-refractivity contribution in [2.24, 2.45) is 0 Å². The molecule has 0 amide bonds. The Bertz CT molecular complexity index is 347. The molecule has 0 saturated heterocycles. The molecule has 90 valence electrons. The molecule has 1 aromatic heterocycles. The summed E-state index contributed by atoms with van der Waals surface area (Å²) in [6.45, 7) is 3.59. The molecule has 6 heteroatoms. The number of aromatic nitrogens is 2. The molecular weight excluding hydrogens is 321 g/mol. The van der Waals surface area contributed by atoms with Crippen molar-refractivity contribution in [1.29, 1.82) is 0 Å². The van der Waals surface area contributed by atoms with Crippen molar-refractivity contribution in [3.8, 4) is 0 Å². The molecule has 1 heterocycles. The first kappa shape index (κ1) is 13.6. The molecule has 1 rings (SSSR count). The Labute approximate surface area is 109 Å². The van der Waals surface area contributed by atoms with Crippen molar-refractivity contribution in [2.75, 3.05) is 19.5 Å². The van der Waals surface area contributed by atoms with Gasteiger partial charge in [0.05, 0.1) is 15.9 Å². The number of nitrogen functional groups attached to an aromatic ring is 1. The van der Waals surface area contributed by atoms with E-state index >= 15 is 0 Å². The fourth-order valence-corrected chi connectivity index (χ4v) is 1.57. The number of ether oxygens (including phenoxy) is 2. The van der Waals surface area contributed by atoms with Crippen LogP contribution in [-0.4, -0.2) is 23.7 Å². The molecule has 0 atom stereocenters. The molecule has 0 radical (unpaired) electrons. The van der Waals surface area contributed by atoms with Crippen LogP contribution in [-0.2, 0) is 22.7 Å². The SMILES string of the molecule is CCCOCc1nc(N)c(I)c(COC)n1. The molecule has 0 aromatic carbocycles. The summed E-state index contributed by atoms with van der Waals surface area (Å²) in [6, 6.07) is 0. The lowest BCUT2D eigenvalue weighted by Gasteiger charge is -2.08. The monoisotopic (exact) mass is 337 g/mol. The maximum Gasteiger partial charge on any atom is 0.156 e. The van der Waals surface area contributed by atoms with E-state index in [1.54, 1.807) is 7.11 Å². The second-order valence-electron chi connectivity index (χ2n) is 3.27. The van der Waals surface area contributed by atoms with E-state index in [-0.39, 0.29) is 0 Å². The van der Waals surface area contributed by atoms with Gasteiger partial charge in [0.2, 0.25) is 0 Å². The third kappa shape index (κ3) is 3.84. The smallest absolute Gasteiger partial charge is 0.156 e. The summed E-state index contributed by atoms with van der Waals surface area (Å²) in [5.41, 5.74) is 6.60. The number of halogens is 1. The van der Waals surface area contributed by atoms with Crippen molar-refractivity contribution < 1.29 is 9.47 Å². The number of rotatable bonds is 6. The van der Waals surface area contributed by atoms with Crippen LogP contribution < -0.4 is 5.73 Å². The van der Waals surface area contributed by atoms with Gasteiger partial charge in [-0.1, -0.05) is 6.92 Å². The second kappa shape index (κ2) is 6.97. The van der Waals surface area contributed by atoms with Gasteiger partial charge in [-0.3, -0.25) is 0 Å². The van der Waals surface area contributed by atoms with Crippen molar-refractivity contribution >= 4 is 28.4 Å². The predicted molar refractivity (Wildman–Crippen MR) is 69.8 cm³/mol. The first-order valence-corrected chi connectivity index (χ1v) is 6.14. The minimum atomic E-state index is 0.395. The Morgan fingerprint density at radius 2 is 2.06 bits per heavy atom. The number of nitrogens with two attached hydrogens (primary N) is 1. The van der Waals surface area contributed by atoms with E-state index in [0.29, 0.717) is 31.5 Å². The Balaban J connectivity index is 2.77. The maximum atomic E-state index is 5.79. The van der Waals surface area contributed by atoms with E-state index in [4.69, 9.17) is 15.2 Å². The standard InChI is InChI=1S/C10H16IN3O2/c1-3-4-16-6-8-13-7(5-15-2)9(11)10(12)14-8/h3-6H2,1-2H3,(H2,12,13,14). The summed E-state index contributed by atoms with van der Waals surface area (Å²) >= 11 is 2.12. The van der Waals surface area contributed by atoms with E-state index in [0.717, 1.165) is 15.7 Å². The van der Waals surface area contributed by atoms with Gasteiger partial charge in [-0.15, -0.1) is 0 Å². The zero-order valence-electron chi connectivity index (χ0n) is 9.49. The van der Waals surface area contributed by atoms with Gasteiger partial charge < -0.3 is 15.2 Å². The Kier molecular flexibility index (Phi) is 5.93. The van der Waals surface area contributed by atoms with Gasteiger partial charge >= 0.3 is 0 Å². The molecule has 16 heavy (non-hydrogen) atoms. The Morgan fingerprint density at radius 1 is 1.31 bits per heavy atom. The highest BCUT2D eigenvalue weighted by Gasteiger charge is 2.09. The fraction of sp³-hybridized carbons (Fsp3) is 0.600. The highest BCUT2D eigenvalue weighted by atomic mass is 127. The van der Waals surface area contributed by atoms with Crippen molar-refractivity contribution in [1.82, 2.24) is 9.97 Å². The molecule has 0 fully saturated rings. The quantitative estimate of drug-likeness (QED) is 0.632. The van der Waals surface area contributed by atoms with Gasteiger partial charge in [0.15, 0.2) is 5.82 Å². The van der Waals surface area contributed by atoms with Crippen LogP contribution in [0.2, 0.25) is 0 Å². The minimum absolute atomic E-state index is 0.395. The van der Waals surface area contributed by atoms with Gasteiger partial charge in [0.1, 0.15) is 12.4 Å². The zero-order chi connectivity index (χ0) is 12.0. The molecule has 0 aliphatic heterocycles. The molecule has 1 aromatic rings. The van der Waals surface area contributed by atoms with Crippen LogP contribution in [0.1, 0.15) is 24.9 Å². The Morgan fingerprint density at radius 3 is 2.69 bits per heavy atom. The number of nitrogens with zero attached hydrogens (tertiary/aromatic N) is 2. The highest BCUT2D eigenvalue weighted by molar-refractivity contribution is 14.1. The first-order chi connectivity index (χ1) is 7.69. The third-order valence-electron chi connectivity index (χ3n) is 1.85. The van der Waals surface area contributed by atoms with Crippen LogP contribution >= 0.6 is 22.6 Å². The molecule has 0 unspecified atom stereocenters. The number of hydrogen-bond acceptors (Lipinski definition) is 5. The molecule has 0 aliphatic rings. The molecule has 5 nitrogen and oxygen atoms in total. The van der Waals surface area contributed by atoms with Crippen LogP contribution in [0.3, 0.4) is 0 Å². The Hall–Kier alpha value is -0.470. The summed E-state index contributed by atoms with van der Waals surface area (Å²) in [4.78, 5) is 8.51. The topological polar surface area (TPSA) is 70.3 Å². The van der Waals surface area contributed by atoms with Gasteiger partial charge in [0, 0.05) is 13.7 Å². The summed E-state index contributed by atoms with van der Waals surface area (Å²) in [7, 11) is 1.63. The lowest BCUT2D eigenvalue weighted by molar-refractivity contribution is 0.115. The van der Waals surface area contributed by atoms with Crippen LogP contribution in [0, 0.1) is 3.57 Å². The average molecular weight is 337 g/mol. The number of anilines is 1. The average Bonchev–Trinajstić information content (AvgIpc) is 2.26. The van der Waals surface area contributed by atoms with Gasteiger partial charge in [0.25, 0.3) is 0 Å². The van der Waals surface area contributed by atoms with Crippen molar-refractivity contribution in [3.63, 3.8) is 0 Å². The van der Waals surface area contributed by atoms with E-state index in [1.807, 2.05) is 0 Å². The minimum Gasteiger partial charge on any atom is -0.383 e. The lowest BCUT2D eigenvalue weighted by Crippen LogP contribution is -2.09. The lowest BCUT2D eigenvalue weighted by atomic mass is 10.4. The van der Waals surface area contributed by atoms with Crippen molar-refractivity contribution in [3.05, 3.63) is 15.1 Å². The van der Waals surface area contributed by atoms with Gasteiger partial charge in [-0.25, -0.2) is 9.97 Å². The van der Waals surface area contributed by atoms with Crippen molar-refractivity contribution in [2.45, 2.75) is 26.6 Å². The maximum absolute atomic E-state index is 5.79. The first-order valence-electron chi connectivity index (χ1n) is 5.06. The zero-order valence-corrected chi connectivity index (χ0v) is 11.7.